The summed E-state index contributed by atoms with van der Waals surface area (Å²) in [5.41, 5.74) is 9.82. The Bertz CT molecular complexity index is 2480. The molecular weight excluding hydrogens is 643 g/mol. The topological polar surface area (TPSA) is 9.72 Å². The highest BCUT2D eigenvalue weighted by molar-refractivity contribution is 6.19. The Morgan fingerprint density at radius 1 is 0.189 bits per heavy atom. The molecule has 0 saturated carbocycles. The third-order valence-corrected chi connectivity index (χ3v) is 9.74. The standard InChI is InChI=1S/C50H37N3/c1-7-21-38(22-8-1)51(39-23-9-2-10-24-39)44-35-47-45-33-19-20-34-46(45)50(53(42-29-15-5-16-30-42)43-31-17-6-18-32-43)37-48(47)49(36-44)52(40-25-11-3-12-26-40)41-27-13-4-14-28-41/h1-37H. The normalized spacial score (nSPS) is 11.0. The molecule has 0 fully saturated rings. The van der Waals surface area contributed by atoms with Crippen LogP contribution in [0.15, 0.2) is 224 Å². The minimum absolute atomic E-state index is 1.07. The van der Waals surface area contributed by atoms with Crippen LogP contribution in [0.5, 0.6) is 0 Å². The van der Waals surface area contributed by atoms with Crippen molar-refractivity contribution in [3.63, 3.8) is 0 Å². The molecule has 0 saturated heterocycles. The second-order valence-electron chi connectivity index (χ2n) is 13.0. The molecule has 0 N–H and O–H groups in total. The summed E-state index contributed by atoms with van der Waals surface area (Å²) in [5.74, 6) is 0. The molecule has 53 heavy (non-hydrogen) atoms. The van der Waals surface area contributed by atoms with Gasteiger partial charge >= 0.3 is 0 Å². The maximum atomic E-state index is 2.40. The first-order valence-electron chi connectivity index (χ1n) is 18.0. The van der Waals surface area contributed by atoms with Crippen molar-refractivity contribution in [3.05, 3.63) is 224 Å². The van der Waals surface area contributed by atoms with Crippen molar-refractivity contribution < 1.29 is 0 Å². The highest BCUT2D eigenvalue weighted by atomic mass is 15.2. The monoisotopic (exact) mass is 679 g/mol. The van der Waals surface area contributed by atoms with Gasteiger partial charge in [-0.25, -0.2) is 0 Å². The van der Waals surface area contributed by atoms with Crippen molar-refractivity contribution in [3.8, 4) is 0 Å². The van der Waals surface area contributed by atoms with Crippen LogP contribution in [-0.2, 0) is 0 Å². The summed E-state index contributed by atoms with van der Waals surface area (Å²) in [6.07, 6.45) is 0. The first-order chi connectivity index (χ1) is 26.3. The molecule has 0 spiro atoms. The number of para-hydroxylation sites is 6. The Hall–Kier alpha value is -7.10. The molecule has 0 bridgehead atoms. The molecule has 0 aliphatic heterocycles. The van der Waals surface area contributed by atoms with Crippen LogP contribution >= 0.6 is 0 Å². The van der Waals surface area contributed by atoms with Crippen molar-refractivity contribution >= 4 is 72.7 Å². The Labute approximate surface area is 310 Å². The number of rotatable bonds is 9. The molecule has 9 aromatic rings. The van der Waals surface area contributed by atoms with E-state index in [0.717, 1.165) is 56.6 Å². The summed E-state index contributed by atoms with van der Waals surface area (Å²) in [5, 5.41) is 4.68. The predicted octanol–water partition coefficient (Wildman–Crippen LogP) is 14.4. The van der Waals surface area contributed by atoms with E-state index in [1.54, 1.807) is 0 Å². The van der Waals surface area contributed by atoms with Crippen molar-refractivity contribution in [1.29, 1.82) is 0 Å². The van der Waals surface area contributed by atoms with Crippen LogP contribution in [0.4, 0.5) is 51.2 Å². The zero-order valence-electron chi connectivity index (χ0n) is 29.2. The predicted molar refractivity (Wildman–Crippen MR) is 226 cm³/mol. The number of nitrogens with zero attached hydrogens (tertiary/aromatic N) is 3. The summed E-state index contributed by atoms with van der Waals surface area (Å²) in [4.78, 5) is 7.14. The lowest BCUT2D eigenvalue weighted by Gasteiger charge is -2.32. The molecule has 0 atom stereocenters. The molecule has 0 aromatic heterocycles. The minimum atomic E-state index is 1.07. The number of fused-ring (bicyclic) bond motifs is 3. The van der Waals surface area contributed by atoms with Crippen LogP contribution < -0.4 is 14.7 Å². The summed E-state index contributed by atoms with van der Waals surface area (Å²) in [6.45, 7) is 0. The van der Waals surface area contributed by atoms with Gasteiger partial charge in [-0.05, 0) is 102 Å². The molecule has 3 heteroatoms. The fourth-order valence-corrected chi connectivity index (χ4v) is 7.42. The Morgan fingerprint density at radius 3 is 0.868 bits per heavy atom. The van der Waals surface area contributed by atoms with Crippen LogP contribution in [0.2, 0.25) is 0 Å². The second kappa shape index (κ2) is 14.3. The van der Waals surface area contributed by atoms with Gasteiger partial charge in [-0.1, -0.05) is 133 Å². The third kappa shape index (κ3) is 6.15. The number of anilines is 9. The lowest BCUT2D eigenvalue weighted by Crippen LogP contribution is -2.14. The number of hydrogen-bond donors (Lipinski definition) is 0. The minimum Gasteiger partial charge on any atom is -0.310 e. The lowest BCUT2D eigenvalue weighted by molar-refractivity contribution is 1.26. The molecule has 0 radical (unpaired) electrons. The molecule has 0 aliphatic rings. The van der Waals surface area contributed by atoms with E-state index < -0.39 is 0 Å². The van der Waals surface area contributed by atoms with E-state index in [1.807, 2.05) is 0 Å². The highest BCUT2D eigenvalue weighted by Gasteiger charge is 2.24. The SMILES string of the molecule is c1ccc(N(c2ccccc2)c2cc(N(c3ccccc3)c3ccccc3)c3cc(N(c4ccccc4)c4ccccc4)c4ccccc4c3c2)cc1. The van der Waals surface area contributed by atoms with Gasteiger partial charge in [0.05, 0.1) is 11.4 Å². The molecule has 0 heterocycles. The van der Waals surface area contributed by atoms with Gasteiger partial charge in [0.25, 0.3) is 0 Å². The first-order valence-corrected chi connectivity index (χ1v) is 18.0. The van der Waals surface area contributed by atoms with Gasteiger partial charge in [-0.2, -0.15) is 0 Å². The van der Waals surface area contributed by atoms with Gasteiger partial charge in [0, 0.05) is 50.6 Å². The molecular formula is C50H37N3. The maximum Gasteiger partial charge on any atom is 0.0561 e. The van der Waals surface area contributed by atoms with E-state index >= 15 is 0 Å². The summed E-state index contributed by atoms with van der Waals surface area (Å²) in [7, 11) is 0. The zero-order valence-corrected chi connectivity index (χ0v) is 29.2. The van der Waals surface area contributed by atoms with Gasteiger partial charge in [0.15, 0.2) is 0 Å². The molecule has 9 rings (SSSR count). The average molecular weight is 680 g/mol. The third-order valence-electron chi connectivity index (χ3n) is 9.74. The summed E-state index contributed by atoms with van der Waals surface area (Å²) in [6, 6.07) is 80.0. The van der Waals surface area contributed by atoms with E-state index in [0.29, 0.717) is 0 Å². The van der Waals surface area contributed by atoms with Crippen LogP contribution in [0.25, 0.3) is 21.5 Å². The molecule has 0 amide bonds. The van der Waals surface area contributed by atoms with Crippen LogP contribution in [-0.4, -0.2) is 0 Å². The number of hydrogen-bond acceptors (Lipinski definition) is 3. The molecule has 3 nitrogen and oxygen atoms in total. The van der Waals surface area contributed by atoms with Crippen molar-refractivity contribution in [1.82, 2.24) is 0 Å². The van der Waals surface area contributed by atoms with Crippen molar-refractivity contribution in [2.24, 2.45) is 0 Å². The average Bonchev–Trinajstić information content (AvgIpc) is 3.24. The summed E-state index contributed by atoms with van der Waals surface area (Å²) < 4.78 is 0. The van der Waals surface area contributed by atoms with Crippen LogP contribution in [0.1, 0.15) is 0 Å². The molecule has 252 valence electrons. The van der Waals surface area contributed by atoms with E-state index in [-0.39, 0.29) is 0 Å². The largest absolute Gasteiger partial charge is 0.310 e. The smallest absolute Gasteiger partial charge is 0.0561 e. The van der Waals surface area contributed by atoms with E-state index in [4.69, 9.17) is 0 Å². The van der Waals surface area contributed by atoms with Gasteiger partial charge in [0.1, 0.15) is 0 Å². The fourth-order valence-electron chi connectivity index (χ4n) is 7.42. The van der Waals surface area contributed by atoms with Gasteiger partial charge in [-0.15, -0.1) is 0 Å². The number of benzene rings is 9. The van der Waals surface area contributed by atoms with E-state index in [1.165, 1.54) is 16.2 Å². The van der Waals surface area contributed by atoms with Crippen molar-refractivity contribution in [2.45, 2.75) is 0 Å². The Kier molecular flexibility index (Phi) is 8.57. The summed E-state index contributed by atoms with van der Waals surface area (Å²) >= 11 is 0. The highest BCUT2D eigenvalue weighted by Crippen LogP contribution is 2.49. The van der Waals surface area contributed by atoms with E-state index in [2.05, 4.69) is 239 Å². The van der Waals surface area contributed by atoms with Crippen LogP contribution in [0, 0.1) is 0 Å². The molecule has 0 aliphatic carbocycles. The zero-order chi connectivity index (χ0) is 35.4. The van der Waals surface area contributed by atoms with Crippen molar-refractivity contribution in [2.75, 3.05) is 14.7 Å². The van der Waals surface area contributed by atoms with Crippen LogP contribution in [0.3, 0.4) is 0 Å². The van der Waals surface area contributed by atoms with Gasteiger partial charge < -0.3 is 14.7 Å². The van der Waals surface area contributed by atoms with Gasteiger partial charge in [-0.3, -0.25) is 0 Å². The Morgan fingerprint density at radius 2 is 0.491 bits per heavy atom. The molecule has 0 unspecified atom stereocenters. The quantitative estimate of drug-likeness (QED) is 0.141. The van der Waals surface area contributed by atoms with Gasteiger partial charge in [0.2, 0.25) is 0 Å². The maximum absolute atomic E-state index is 2.40. The second-order valence-corrected chi connectivity index (χ2v) is 13.0. The Balaban J connectivity index is 1.42. The molecule has 9 aromatic carbocycles. The first kappa shape index (κ1) is 31.9. The fraction of sp³-hybridized carbons (Fsp3) is 0. The van der Waals surface area contributed by atoms with E-state index in [9.17, 15) is 0 Å². The lowest BCUT2D eigenvalue weighted by atomic mass is 9.96.